The van der Waals surface area contributed by atoms with Crippen LogP contribution in [0.3, 0.4) is 0 Å². The molecule has 0 rings (SSSR count). The van der Waals surface area contributed by atoms with Gasteiger partial charge in [-0.05, 0) is 13.8 Å². The predicted octanol–water partition coefficient (Wildman–Crippen LogP) is 1.41. The minimum absolute atomic E-state index is 0.184. The van der Waals surface area contributed by atoms with E-state index in [1.54, 1.807) is 14.2 Å². The smallest absolute Gasteiger partial charge is 0.138 e. The van der Waals surface area contributed by atoms with Crippen molar-refractivity contribution in [1.82, 2.24) is 0 Å². The highest BCUT2D eigenvalue weighted by molar-refractivity contribution is 5.79. The van der Waals surface area contributed by atoms with E-state index >= 15 is 0 Å². The Morgan fingerprint density at radius 3 is 2.33 bits per heavy atom. The summed E-state index contributed by atoms with van der Waals surface area (Å²) >= 11 is 0. The minimum atomic E-state index is -0.342. The number of methoxy groups -OCH3 is 2. The molecule has 0 aliphatic rings. The second-order valence-corrected chi connectivity index (χ2v) is 3.42. The number of carbonyl (C=O) groups excluding carboxylic acids is 1. The first-order valence-electron chi connectivity index (χ1n) is 4.07. The zero-order valence-corrected chi connectivity index (χ0v) is 8.35. The molecule has 0 N–H and O–H groups in total. The van der Waals surface area contributed by atoms with Gasteiger partial charge in [0.1, 0.15) is 5.78 Å². The van der Waals surface area contributed by atoms with Crippen LogP contribution < -0.4 is 0 Å². The van der Waals surface area contributed by atoms with Crippen molar-refractivity contribution in [2.45, 2.75) is 32.3 Å². The van der Waals surface area contributed by atoms with Crippen LogP contribution in [0.1, 0.15) is 26.7 Å². The molecule has 12 heavy (non-hydrogen) atoms. The van der Waals surface area contributed by atoms with Gasteiger partial charge in [-0.2, -0.15) is 0 Å². The fourth-order valence-corrected chi connectivity index (χ4v) is 0.851. The Morgan fingerprint density at radius 1 is 1.33 bits per heavy atom. The molecule has 0 fully saturated rings. The lowest BCUT2D eigenvalue weighted by molar-refractivity contribution is -0.124. The van der Waals surface area contributed by atoms with Crippen molar-refractivity contribution in [3.05, 3.63) is 0 Å². The summed E-state index contributed by atoms with van der Waals surface area (Å²) in [5.41, 5.74) is -0.342. The number of hydrogen-bond donors (Lipinski definition) is 0. The number of rotatable bonds is 6. The Bertz CT molecular complexity index is 141. The normalized spacial score (nSPS) is 11.7. The Morgan fingerprint density at radius 2 is 1.92 bits per heavy atom. The van der Waals surface area contributed by atoms with Crippen molar-refractivity contribution in [2.75, 3.05) is 20.8 Å². The molecule has 0 saturated carbocycles. The van der Waals surface area contributed by atoms with E-state index in [0.29, 0.717) is 19.4 Å². The summed E-state index contributed by atoms with van der Waals surface area (Å²) in [5.74, 6) is 0.184. The number of ketones is 1. The van der Waals surface area contributed by atoms with Gasteiger partial charge in [0.2, 0.25) is 0 Å². The second kappa shape index (κ2) is 5.27. The van der Waals surface area contributed by atoms with Crippen LogP contribution in [0.15, 0.2) is 0 Å². The molecule has 72 valence electrons. The van der Waals surface area contributed by atoms with Crippen LogP contribution in [-0.2, 0) is 14.3 Å². The number of ether oxygens (including phenoxy) is 2. The maximum atomic E-state index is 11.2. The van der Waals surface area contributed by atoms with Crippen LogP contribution in [0.2, 0.25) is 0 Å². The number of carbonyl (C=O) groups is 1. The predicted molar refractivity (Wildman–Crippen MR) is 47.2 cm³/mol. The third-order valence-electron chi connectivity index (χ3n) is 1.76. The molecule has 3 heteroatoms. The van der Waals surface area contributed by atoms with Crippen LogP contribution in [-0.4, -0.2) is 32.2 Å². The molecule has 0 aliphatic heterocycles. The standard InChI is InChI=1S/C9H18O3/c1-9(2,12-4)7-8(10)5-6-11-3/h5-7H2,1-4H3. The highest BCUT2D eigenvalue weighted by Crippen LogP contribution is 2.13. The van der Waals surface area contributed by atoms with Gasteiger partial charge in [0.15, 0.2) is 0 Å². The lowest BCUT2D eigenvalue weighted by Crippen LogP contribution is -2.26. The zero-order valence-electron chi connectivity index (χ0n) is 8.35. The van der Waals surface area contributed by atoms with Crippen molar-refractivity contribution in [1.29, 1.82) is 0 Å². The van der Waals surface area contributed by atoms with E-state index < -0.39 is 0 Å². The van der Waals surface area contributed by atoms with Crippen LogP contribution in [0, 0.1) is 0 Å². The molecule has 0 heterocycles. The van der Waals surface area contributed by atoms with Gasteiger partial charge in [-0.3, -0.25) is 4.79 Å². The maximum absolute atomic E-state index is 11.2. The van der Waals surface area contributed by atoms with Gasteiger partial charge in [0.05, 0.1) is 12.2 Å². The van der Waals surface area contributed by atoms with Crippen molar-refractivity contribution < 1.29 is 14.3 Å². The SMILES string of the molecule is COCCC(=O)CC(C)(C)OC. The summed E-state index contributed by atoms with van der Waals surface area (Å²) in [4.78, 5) is 11.2. The number of Topliss-reactive ketones (excluding diaryl/α,β-unsaturated/α-hetero) is 1. The van der Waals surface area contributed by atoms with Gasteiger partial charge in [0, 0.05) is 27.1 Å². The van der Waals surface area contributed by atoms with Crippen molar-refractivity contribution in [3.63, 3.8) is 0 Å². The first-order valence-corrected chi connectivity index (χ1v) is 4.07. The highest BCUT2D eigenvalue weighted by Gasteiger charge is 2.20. The fraction of sp³-hybridized carbons (Fsp3) is 0.889. The van der Waals surface area contributed by atoms with Gasteiger partial charge in [-0.15, -0.1) is 0 Å². The van der Waals surface area contributed by atoms with Crippen molar-refractivity contribution in [2.24, 2.45) is 0 Å². The van der Waals surface area contributed by atoms with Crippen LogP contribution >= 0.6 is 0 Å². The zero-order chi connectivity index (χ0) is 9.61. The number of hydrogen-bond acceptors (Lipinski definition) is 3. The molecule has 0 aromatic heterocycles. The van der Waals surface area contributed by atoms with Gasteiger partial charge in [-0.1, -0.05) is 0 Å². The maximum Gasteiger partial charge on any atom is 0.138 e. The average Bonchev–Trinajstić information content (AvgIpc) is 2.00. The summed E-state index contributed by atoms with van der Waals surface area (Å²) in [6, 6.07) is 0. The summed E-state index contributed by atoms with van der Waals surface area (Å²) < 4.78 is 9.93. The van der Waals surface area contributed by atoms with E-state index in [1.807, 2.05) is 13.8 Å². The molecule has 0 saturated heterocycles. The molecule has 0 spiro atoms. The molecule has 0 atom stereocenters. The largest absolute Gasteiger partial charge is 0.384 e. The van der Waals surface area contributed by atoms with Gasteiger partial charge in [-0.25, -0.2) is 0 Å². The van der Waals surface area contributed by atoms with E-state index in [0.717, 1.165) is 0 Å². The van der Waals surface area contributed by atoms with Crippen LogP contribution in [0.25, 0.3) is 0 Å². The van der Waals surface area contributed by atoms with Gasteiger partial charge >= 0.3 is 0 Å². The molecule has 0 unspecified atom stereocenters. The first-order chi connectivity index (χ1) is 5.52. The molecule has 0 amide bonds. The van der Waals surface area contributed by atoms with Crippen molar-refractivity contribution in [3.8, 4) is 0 Å². The minimum Gasteiger partial charge on any atom is -0.384 e. The molecular formula is C9H18O3. The Kier molecular flexibility index (Phi) is 5.09. The Balaban J connectivity index is 3.68. The van der Waals surface area contributed by atoms with Crippen LogP contribution in [0.4, 0.5) is 0 Å². The molecule has 0 bridgehead atoms. The molecule has 0 radical (unpaired) electrons. The summed E-state index contributed by atoms with van der Waals surface area (Å²) in [5, 5.41) is 0. The summed E-state index contributed by atoms with van der Waals surface area (Å²) in [6.45, 7) is 4.30. The lowest BCUT2D eigenvalue weighted by Gasteiger charge is -2.21. The fourth-order valence-electron chi connectivity index (χ4n) is 0.851. The molecule has 0 aromatic carbocycles. The molecule has 3 nitrogen and oxygen atoms in total. The second-order valence-electron chi connectivity index (χ2n) is 3.42. The Labute approximate surface area is 74.0 Å². The molecule has 0 aliphatic carbocycles. The Hall–Kier alpha value is -0.410. The molecule has 0 aromatic rings. The average molecular weight is 174 g/mol. The molecular weight excluding hydrogens is 156 g/mol. The van der Waals surface area contributed by atoms with E-state index in [2.05, 4.69) is 0 Å². The monoisotopic (exact) mass is 174 g/mol. The third-order valence-corrected chi connectivity index (χ3v) is 1.76. The van der Waals surface area contributed by atoms with Crippen molar-refractivity contribution >= 4 is 5.78 Å². The van der Waals surface area contributed by atoms with E-state index in [9.17, 15) is 4.79 Å². The van der Waals surface area contributed by atoms with Gasteiger partial charge < -0.3 is 9.47 Å². The first kappa shape index (κ1) is 11.6. The topological polar surface area (TPSA) is 35.5 Å². The lowest BCUT2D eigenvalue weighted by atomic mass is 10.0. The van der Waals surface area contributed by atoms with E-state index in [1.165, 1.54) is 0 Å². The quantitative estimate of drug-likeness (QED) is 0.610. The van der Waals surface area contributed by atoms with E-state index in [4.69, 9.17) is 9.47 Å². The third kappa shape index (κ3) is 5.27. The van der Waals surface area contributed by atoms with Gasteiger partial charge in [0.25, 0.3) is 0 Å². The summed E-state index contributed by atoms with van der Waals surface area (Å²) in [6.07, 6.45) is 0.927. The summed E-state index contributed by atoms with van der Waals surface area (Å²) in [7, 11) is 3.21. The van der Waals surface area contributed by atoms with Crippen LogP contribution in [0.5, 0.6) is 0 Å². The van der Waals surface area contributed by atoms with E-state index in [-0.39, 0.29) is 11.4 Å². The highest BCUT2D eigenvalue weighted by atomic mass is 16.5.